The summed E-state index contributed by atoms with van der Waals surface area (Å²) in [6, 6.07) is 11.0. The van der Waals surface area contributed by atoms with Crippen LogP contribution in [0.5, 0.6) is 0 Å². The molecule has 104 valence electrons. The summed E-state index contributed by atoms with van der Waals surface area (Å²) in [6.45, 7) is 1.94. The fourth-order valence-electron chi connectivity index (χ4n) is 1.90. The van der Waals surface area contributed by atoms with Crippen molar-refractivity contribution >= 4 is 44.8 Å². The third-order valence-electron chi connectivity index (χ3n) is 2.84. The standard InChI is InChI=1S/C15H14BrClN2O/c1-9-6-11(16)15(13(18)7-9)19-14(20)8-10-4-2-3-5-12(10)17/h2-7H,8,18H2,1H3,(H,19,20). The number of anilines is 2. The first-order chi connectivity index (χ1) is 9.47. The van der Waals surface area contributed by atoms with E-state index in [0.29, 0.717) is 16.4 Å². The van der Waals surface area contributed by atoms with E-state index in [-0.39, 0.29) is 12.3 Å². The summed E-state index contributed by atoms with van der Waals surface area (Å²) >= 11 is 9.45. The number of hydrogen-bond acceptors (Lipinski definition) is 2. The number of amides is 1. The third-order valence-corrected chi connectivity index (χ3v) is 3.83. The fourth-order valence-corrected chi connectivity index (χ4v) is 2.79. The Balaban J connectivity index is 2.15. The molecule has 2 rings (SSSR count). The predicted octanol–water partition coefficient (Wildman–Crippen LogP) is 4.17. The summed E-state index contributed by atoms with van der Waals surface area (Å²) in [4.78, 5) is 12.1. The van der Waals surface area contributed by atoms with Crippen molar-refractivity contribution in [3.63, 3.8) is 0 Å². The van der Waals surface area contributed by atoms with Crippen LogP contribution in [-0.2, 0) is 11.2 Å². The fraction of sp³-hybridized carbons (Fsp3) is 0.133. The zero-order valence-corrected chi connectivity index (χ0v) is 13.3. The Bertz CT molecular complexity index is 635. The molecule has 0 aromatic heterocycles. The lowest BCUT2D eigenvalue weighted by molar-refractivity contribution is -0.115. The minimum Gasteiger partial charge on any atom is -0.397 e. The number of benzene rings is 2. The van der Waals surface area contributed by atoms with Crippen molar-refractivity contribution in [1.29, 1.82) is 0 Å². The van der Waals surface area contributed by atoms with Crippen molar-refractivity contribution in [3.8, 4) is 0 Å². The molecule has 20 heavy (non-hydrogen) atoms. The van der Waals surface area contributed by atoms with E-state index in [4.69, 9.17) is 17.3 Å². The summed E-state index contributed by atoms with van der Waals surface area (Å²) in [5.74, 6) is -0.158. The average Bonchev–Trinajstić information content (AvgIpc) is 2.36. The summed E-state index contributed by atoms with van der Waals surface area (Å²) < 4.78 is 0.766. The normalized spacial score (nSPS) is 10.3. The van der Waals surface area contributed by atoms with E-state index in [1.807, 2.05) is 37.3 Å². The van der Waals surface area contributed by atoms with Crippen LogP contribution in [0.1, 0.15) is 11.1 Å². The molecule has 0 spiro atoms. The van der Waals surface area contributed by atoms with Crippen LogP contribution in [0.15, 0.2) is 40.9 Å². The average molecular weight is 354 g/mol. The van der Waals surface area contributed by atoms with Gasteiger partial charge in [-0.3, -0.25) is 4.79 Å². The van der Waals surface area contributed by atoms with Crippen molar-refractivity contribution in [2.75, 3.05) is 11.1 Å². The van der Waals surface area contributed by atoms with Crippen LogP contribution in [0.2, 0.25) is 5.02 Å². The molecule has 0 radical (unpaired) electrons. The summed E-state index contributed by atoms with van der Waals surface area (Å²) in [5.41, 5.74) is 8.86. The number of aryl methyl sites for hydroxylation is 1. The van der Waals surface area contributed by atoms with Crippen LogP contribution >= 0.6 is 27.5 Å². The van der Waals surface area contributed by atoms with Crippen LogP contribution in [-0.4, -0.2) is 5.91 Å². The Morgan fingerprint density at radius 3 is 2.70 bits per heavy atom. The molecular formula is C15H14BrClN2O. The molecule has 3 nitrogen and oxygen atoms in total. The Kier molecular flexibility index (Phi) is 4.68. The maximum absolute atomic E-state index is 12.1. The van der Waals surface area contributed by atoms with Gasteiger partial charge in [0.15, 0.2) is 0 Å². The molecule has 0 atom stereocenters. The van der Waals surface area contributed by atoms with Gasteiger partial charge < -0.3 is 11.1 Å². The van der Waals surface area contributed by atoms with Gasteiger partial charge in [0, 0.05) is 9.50 Å². The number of rotatable bonds is 3. The first-order valence-corrected chi connectivity index (χ1v) is 7.23. The molecule has 0 aliphatic rings. The molecule has 0 saturated carbocycles. The van der Waals surface area contributed by atoms with E-state index in [1.165, 1.54) is 0 Å². The molecule has 0 heterocycles. The SMILES string of the molecule is Cc1cc(N)c(NC(=O)Cc2ccccc2Cl)c(Br)c1. The second-order valence-electron chi connectivity index (χ2n) is 4.53. The highest BCUT2D eigenvalue weighted by Gasteiger charge is 2.11. The first kappa shape index (κ1) is 14.9. The number of hydrogen-bond donors (Lipinski definition) is 2. The van der Waals surface area contributed by atoms with Gasteiger partial charge in [0.2, 0.25) is 5.91 Å². The van der Waals surface area contributed by atoms with Crippen molar-refractivity contribution < 1.29 is 4.79 Å². The van der Waals surface area contributed by atoms with Gasteiger partial charge >= 0.3 is 0 Å². The molecule has 3 N–H and O–H groups in total. The van der Waals surface area contributed by atoms with Gasteiger partial charge in [-0.2, -0.15) is 0 Å². The van der Waals surface area contributed by atoms with Gasteiger partial charge in [0.25, 0.3) is 0 Å². The second kappa shape index (κ2) is 6.29. The zero-order valence-electron chi connectivity index (χ0n) is 10.9. The second-order valence-corrected chi connectivity index (χ2v) is 5.79. The van der Waals surface area contributed by atoms with E-state index in [1.54, 1.807) is 6.07 Å². The van der Waals surface area contributed by atoms with Crippen molar-refractivity contribution in [3.05, 3.63) is 57.0 Å². The number of nitrogen functional groups attached to an aromatic ring is 1. The van der Waals surface area contributed by atoms with E-state index in [0.717, 1.165) is 15.6 Å². The molecule has 2 aromatic rings. The van der Waals surface area contributed by atoms with Gasteiger partial charge in [-0.1, -0.05) is 29.8 Å². The van der Waals surface area contributed by atoms with E-state index >= 15 is 0 Å². The molecule has 0 unspecified atom stereocenters. The molecule has 0 saturated heterocycles. The summed E-state index contributed by atoms with van der Waals surface area (Å²) in [7, 11) is 0. The first-order valence-electron chi connectivity index (χ1n) is 6.06. The van der Waals surface area contributed by atoms with Crippen molar-refractivity contribution in [1.82, 2.24) is 0 Å². The summed E-state index contributed by atoms with van der Waals surface area (Å²) in [6.07, 6.45) is 0.208. The molecule has 0 fully saturated rings. The quantitative estimate of drug-likeness (QED) is 0.814. The molecular weight excluding hydrogens is 340 g/mol. The number of carbonyl (C=O) groups is 1. The van der Waals surface area contributed by atoms with Gasteiger partial charge in [0.1, 0.15) is 0 Å². The Labute approximate surface area is 131 Å². The van der Waals surface area contributed by atoms with Gasteiger partial charge in [0.05, 0.1) is 17.8 Å². The largest absolute Gasteiger partial charge is 0.397 e. The highest BCUT2D eigenvalue weighted by molar-refractivity contribution is 9.10. The lowest BCUT2D eigenvalue weighted by atomic mass is 10.1. The number of carbonyl (C=O) groups excluding carboxylic acids is 1. The Morgan fingerprint density at radius 2 is 2.05 bits per heavy atom. The minimum atomic E-state index is -0.158. The van der Waals surface area contributed by atoms with Crippen molar-refractivity contribution in [2.45, 2.75) is 13.3 Å². The van der Waals surface area contributed by atoms with E-state index in [2.05, 4.69) is 21.2 Å². The molecule has 0 bridgehead atoms. The van der Waals surface area contributed by atoms with Crippen LogP contribution in [0.25, 0.3) is 0 Å². The Hall–Kier alpha value is -1.52. The molecule has 1 amide bonds. The van der Waals surface area contributed by atoms with Crippen LogP contribution in [0, 0.1) is 6.92 Å². The smallest absolute Gasteiger partial charge is 0.228 e. The summed E-state index contributed by atoms with van der Waals surface area (Å²) in [5, 5.41) is 3.39. The molecule has 0 aliphatic carbocycles. The Morgan fingerprint density at radius 1 is 1.35 bits per heavy atom. The number of nitrogens with one attached hydrogen (secondary N) is 1. The van der Waals surface area contributed by atoms with Gasteiger partial charge in [-0.05, 0) is 52.2 Å². The third kappa shape index (κ3) is 3.52. The lowest BCUT2D eigenvalue weighted by Gasteiger charge is -2.12. The van der Waals surface area contributed by atoms with Crippen LogP contribution in [0.4, 0.5) is 11.4 Å². The van der Waals surface area contributed by atoms with Gasteiger partial charge in [-0.25, -0.2) is 0 Å². The predicted molar refractivity (Wildman–Crippen MR) is 87.1 cm³/mol. The topological polar surface area (TPSA) is 55.1 Å². The lowest BCUT2D eigenvalue weighted by Crippen LogP contribution is -2.16. The molecule has 5 heteroatoms. The zero-order chi connectivity index (χ0) is 14.7. The number of nitrogens with two attached hydrogens (primary N) is 1. The van der Waals surface area contributed by atoms with Crippen LogP contribution in [0.3, 0.4) is 0 Å². The molecule has 0 aliphatic heterocycles. The van der Waals surface area contributed by atoms with E-state index in [9.17, 15) is 4.79 Å². The van der Waals surface area contributed by atoms with E-state index < -0.39 is 0 Å². The minimum absolute atomic E-state index is 0.158. The van der Waals surface area contributed by atoms with Crippen molar-refractivity contribution in [2.24, 2.45) is 0 Å². The number of halogens is 2. The van der Waals surface area contributed by atoms with Gasteiger partial charge in [-0.15, -0.1) is 0 Å². The molecule has 2 aromatic carbocycles. The highest BCUT2D eigenvalue weighted by atomic mass is 79.9. The maximum Gasteiger partial charge on any atom is 0.228 e. The van der Waals surface area contributed by atoms with Crippen LogP contribution < -0.4 is 11.1 Å². The highest BCUT2D eigenvalue weighted by Crippen LogP contribution is 2.30. The maximum atomic E-state index is 12.1. The monoisotopic (exact) mass is 352 g/mol.